The molecule has 0 amide bonds. The van der Waals surface area contributed by atoms with E-state index in [1.165, 1.54) is 11.1 Å². The Morgan fingerprint density at radius 1 is 1.19 bits per heavy atom. The van der Waals surface area contributed by atoms with Crippen molar-refractivity contribution in [2.24, 2.45) is 4.99 Å². The standard InChI is InChI=1S/C19H19ClN2O2S2/c1-13-5-7-14(8-6-13)10-25-19-21-17-11-26(23,24)12-18(17)22(19)16-4-2-3-15(20)9-16/h2-9,17-18H,10-12H2,1H3/t17-,18-/m0/s1. The Kier molecular flexibility index (Phi) is 4.75. The lowest BCUT2D eigenvalue weighted by Gasteiger charge is -2.26. The van der Waals surface area contributed by atoms with Crippen LogP contribution in [0, 0.1) is 6.92 Å². The molecule has 4 nitrogen and oxygen atoms in total. The first-order chi connectivity index (χ1) is 12.4. The number of hydrogen-bond acceptors (Lipinski definition) is 5. The molecular formula is C19H19ClN2O2S2. The second kappa shape index (κ2) is 6.91. The predicted octanol–water partition coefficient (Wildman–Crippen LogP) is 3.92. The summed E-state index contributed by atoms with van der Waals surface area (Å²) >= 11 is 7.81. The van der Waals surface area contributed by atoms with Gasteiger partial charge in [-0.05, 0) is 30.7 Å². The third-order valence-corrected chi connectivity index (χ3v) is 7.65. The average Bonchev–Trinajstić information content (AvgIpc) is 3.05. The molecule has 0 bridgehead atoms. The van der Waals surface area contributed by atoms with Crippen molar-refractivity contribution in [3.05, 3.63) is 64.7 Å². The van der Waals surface area contributed by atoms with E-state index in [0.717, 1.165) is 16.6 Å². The molecule has 2 aliphatic rings. The van der Waals surface area contributed by atoms with Gasteiger partial charge < -0.3 is 4.90 Å². The number of hydrogen-bond donors (Lipinski definition) is 0. The van der Waals surface area contributed by atoms with Gasteiger partial charge in [-0.15, -0.1) is 0 Å². The summed E-state index contributed by atoms with van der Waals surface area (Å²) in [6.45, 7) is 2.07. The fourth-order valence-electron chi connectivity index (χ4n) is 3.39. The number of halogens is 1. The first kappa shape index (κ1) is 17.9. The number of anilines is 1. The number of aliphatic imine (C=N–C) groups is 1. The number of fused-ring (bicyclic) bond motifs is 1. The average molecular weight is 407 g/mol. The Morgan fingerprint density at radius 3 is 2.69 bits per heavy atom. The van der Waals surface area contributed by atoms with Crippen LogP contribution in [0.3, 0.4) is 0 Å². The largest absolute Gasteiger partial charge is 0.315 e. The van der Waals surface area contributed by atoms with Crippen LogP contribution in [0.4, 0.5) is 5.69 Å². The third-order valence-electron chi connectivity index (χ3n) is 4.68. The molecule has 0 radical (unpaired) electrons. The van der Waals surface area contributed by atoms with Gasteiger partial charge in [0, 0.05) is 16.5 Å². The summed E-state index contributed by atoms with van der Waals surface area (Å²) in [4.78, 5) is 6.80. The summed E-state index contributed by atoms with van der Waals surface area (Å²) in [5, 5.41) is 1.51. The SMILES string of the molecule is Cc1ccc(CSC2=N[C@H]3CS(=O)(=O)C[C@@H]3N2c2cccc(Cl)c2)cc1. The van der Waals surface area contributed by atoms with Gasteiger partial charge in [0.2, 0.25) is 0 Å². The van der Waals surface area contributed by atoms with Crippen molar-refractivity contribution in [3.8, 4) is 0 Å². The molecule has 1 saturated heterocycles. The van der Waals surface area contributed by atoms with Gasteiger partial charge >= 0.3 is 0 Å². The van der Waals surface area contributed by atoms with E-state index in [1.807, 2.05) is 24.3 Å². The number of thioether (sulfide) groups is 1. The quantitative estimate of drug-likeness (QED) is 0.775. The molecule has 0 N–H and O–H groups in total. The summed E-state index contributed by atoms with van der Waals surface area (Å²) in [6.07, 6.45) is 0. The lowest BCUT2D eigenvalue weighted by molar-refractivity contribution is 0.601. The molecule has 0 saturated carbocycles. The van der Waals surface area contributed by atoms with Crippen molar-refractivity contribution < 1.29 is 8.42 Å². The summed E-state index contributed by atoms with van der Waals surface area (Å²) in [5.74, 6) is 1.06. The molecule has 2 aromatic carbocycles. The van der Waals surface area contributed by atoms with Crippen LogP contribution in [0.25, 0.3) is 0 Å². The normalized spacial score (nSPS) is 23.8. The molecule has 2 aromatic rings. The Hall–Kier alpha value is -1.50. The van der Waals surface area contributed by atoms with Crippen molar-refractivity contribution in [3.63, 3.8) is 0 Å². The summed E-state index contributed by atoms with van der Waals surface area (Å²) < 4.78 is 24.2. The topological polar surface area (TPSA) is 49.7 Å². The summed E-state index contributed by atoms with van der Waals surface area (Å²) in [7, 11) is -3.04. The van der Waals surface area contributed by atoms with Gasteiger partial charge in [-0.3, -0.25) is 4.99 Å². The number of benzene rings is 2. The lowest BCUT2D eigenvalue weighted by atomic mass is 10.1. The summed E-state index contributed by atoms with van der Waals surface area (Å²) in [6, 6.07) is 15.6. The smallest absolute Gasteiger partial charge is 0.164 e. The number of amidine groups is 1. The number of rotatable bonds is 3. The second-order valence-corrected chi connectivity index (χ2v) is 10.3. The molecule has 0 unspecified atom stereocenters. The maximum Gasteiger partial charge on any atom is 0.164 e. The third kappa shape index (κ3) is 3.63. The van der Waals surface area contributed by atoms with E-state index in [-0.39, 0.29) is 23.6 Å². The number of sulfone groups is 1. The van der Waals surface area contributed by atoms with E-state index >= 15 is 0 Å². The van der Waals surface area contributed by atoms with Crippen molar-refractivity contribution in [1.82, 2.24) is 0 Å². The fourth-order valence-corrected chi connectivity index (χ4v) is 6.50. The van der Waals surface area contributed by atoms with Crippen LogP contribution in [0.1, 0.15) is 11.1 Å². The molecule has 4 rings (SSSR count). The van der Waals surface area contributed by atoms with Gasteiger partial charge in [-0.2, -0.15) is 0 Å². The first-order valence-corrected chi connectivity index (χ1v) is 11.6. The van der Waals surface area contributed by atoms with Crippen molar-refractivity contribution >= 4 is 44.1 Å². The van der Waals surface area contributed by atoms with Gasteiger partial charge in [-0.1, -0.05) is 59.3 Å². The van der Waals surface area contributed by atoms with Crippen LogP contribution in [0.5, 0.6) is 0 Å². The predicted molar refractivity (Wildman–Crippen MR) is 110 cm³/mol. The van der Waals surface area contributed by atoms with Crippen molar-refractivity contribution in [2.75, 3.05) is 16.4 Å². The van der Waals surface area contributed by atoms with E-state index in [0.29, 0.717) is 5.02 Å². The number of aryl methyl sites for hydroxylation is 1. The highest BCUT2D eigenvalue weighted by Gasteiger charge is 2.47. The molecule has 26 heavy (non-hydrogen) atoms. The van der Waals surface area contributed by atoms with E-state index in [4.69, 9.17) is 16.6 Å². The highest BCUT2D eigenvalue weighted by atomic mass is 35.5. The number of nitrogens with zero attached hydrogens (tertiary/aromatic N) is 2. The van der Waals surface area contributed by atoms with Gasteiger partial charge in [0.05, 0.1) is 23.6 Å². The molecule has 7 heteroatoms. The molecule has 0 aliphatic carbocycles. The van der Waals surface area contributed by atoms with Crippen molar-refractivity contribution in [1.29, 1.82) is 0 Å². The molecule has 2 aliphatic heterocycles. The van der Waals surface area contributed by atoms with E-state index < -0.39 is 9.84 Å². The van der Waals surface area contributed by atoms with Gasteiger partial charge in [0.25, 0.3) is 0 Å². The summed E-state index contributed by atoms with van der Waals surface area (Å²) in [5.41, 5.74) is 3.36. The Balaban J connectivity index is 1.61. The Labute approximate surface area is 163 Å². The van der Waals surface area contributed by atoms with Crippen molar-refractivity contribution in [2.45, 2.75) is 24.8 Å². The first-order valence-electron chi connectivity index (χ1n) is 8.43. The fraction of sp³-hybridized carbons (Fsp3) is 0.316. The minimum absolute atomic E-state index is 0.128. The zero-order valence-electron chi connectivity index (χ0n) is 14.3. The van der Waals surface area contributed by atoms with Crippen LogP contribution in [-0.4, -0.2) is 37.2 Å². The zero-order valence-corrected chi connectivity index (χ0v) is 16.7. The van der Waals surface area contributed by atoms with E-state index in [9.17, 15) is 8.42 Å². The molecule has 2 atom stereocenters. The molecule has 0 aromatic heterocycles. The second-order valence-electron chi connectivity index (χ2n) is 6.75. The minimum atomic E-state index is -3.04. The molecule has 2 heterocycles. The molecular weight excluding hydrogens is 388 g/mol. The van der Waals surface area contributed by atoms with Gasteiger partial charge in [0.1, 0.15) is 0 Å². The van der Waals surface area contributed by atoms with Gasteiger partial charge in [0.15, 0.2) is 15.0 Å². The molecule has 136 valence electrons. The minimum Gasteiger partial charge on any atom is -0.315 e. The maximum atomic E-state index is 12.1. The Bertz CT molecular complexity index is 958. The Morgan fingerprint density at radius 2 is 1.96 bits per heavy atom. The van der Waals surface area contributed by atoms with Crippen LogP contribution < -0.4 is 4.90 Å². The van der Waals surface area contributed by atoms with Crippen LogP contribution in [0.2, 0.25) is 5.02 Å². The monoisotopic (exact) mass is 406 g/mol. The zero-order chi connectivity index (χ0) is 18.3. The van der Waals surface area contributed by atoms with Crippen LogP contribution >= 0.6 is 23.4 Å². The molecule has 1 fully saturated rings. The highest BCUT2D eigenvalue weighted by molar-refractivity contribution is 8.13. The highest BCUT2D eigenvalue weighted by Crippen LogP contribution is 2.36. The van der Waals surface area contributed by atoms with E-state index in [1.54, 1.807) is 11.8 Å². The van der Waals surface area contributed by atoms with Gasteiger partial charge in [-0.25, -0.2) is 8.42 Å². The van der Waals surface area contributed by atoms with Crippen LogP contribution in [0.15, 0.2) is 53.5 Å². The maximum absolute atomic E-state index is 12.1. The van der Waals surface area contributed by atoms with E-state index in [2.05, 4.69) is 36.1 Å². The molecule has 0 spiro atoms. The van der Waals surface area contributed by atoms with Crippen LogP contribution in [-0.2, 0) is 15.6 Å². The lowest BCUT2D eigenvalue weighted by Crippen LogP contribution is -2.39.